The first-order valence-corrected chi connectivity index (χ1v) is 11.0. The van der Waals surface area contributed by atoms with Crippen LogP contribution < -0.4 is 10.2 Å². The van der Waals surface area contributed by atoms with Gasteiger partial charge in [0.1, 0.15) is 5.82 Å². The van der Waals surface area contributed by atoms with Crippen LogP contribution in [-0.4, -0.2) is 73.9 Å². The number of halogens is 2. The van der Waals surface area contributed by atoms with Crippen LogP contribution >= 0.6 is 24.0 Å². The fourth-order valence-electron chi connectivity index (χ4n) is 4.20. The summed E-state index contributed by atoms with van der Waals surface area (Å²) >= 11 is 0. The standard InChI is InChI=1S/C24H28FN5O2.HI/c1-26-24(29-16-14-28(15-17-29)19-10-8-18(25)9-11-19)27-12-4-5-13-30-22(31)20-6-2-3-7-21(20)23(30)32;/h2-3,6-11H,4-5,12-17H2,1H3,(H,26,27);1H. The third-order valence-electron chi connectivity index (χ3n) is 5.95. The van der Waals surface area contributed by atoms with E-state index in [0.29, 0.717) is 24.2 Å². The van der Waals surface area contributed by atoms with Crippen molar-refractivity contribution in [2.75, 3.05) is 51.2 Å². The number of fused-ring (bicyclic) bond motifs is 1. The summed E-state index contributed by atoms with van der Waals surface area (Å²) in [5, 5.41) is 3.39. The van der Waals surface area contributed by atoms with Gasteiger partial charge in [-0.15, -0.1) is 24.0 Å². The molecule has 2 amide bonds. The first-order valence-electron chi connectivity index (χ1n) is 11.0. The number of unbranched alkanes of at least 4 members (excludes halogenated alkanes) is 1. The van der Waals surface area contributed by atoms with Crippen molar-refractivity contribution in [1.82, 2.24) is 15.1 Å². The van der Waals surface area contributed by atoms with Crippen molar-refractivity contribution < 1.29 is 14.0 Å². The number of amides is 2. The number of carbonyl (C=O) groups excluding carboxylic acids is 2. The molecule has 2 aromatic rings. The Kier molecular flexibility index (Phi) is 8.65. The number of aliphatic imine (C=N–C) groups is 1. The molecule has 2 aliphatic heterocycles. The second-order valence-corrected chi connectivity index (χ2v) is 7.94. The van der Waals surface area contributed by atoms with Crippen LogP contribution in [0.4, 0.5) is 10.1 Å². The minimum Gasteiger partial charge on any atom is -0.368 e. The van der Waals surface area contributed by atoms with E-state index in [9.17, 15) is 14.0 Å². The van der Waals surface area contributed by atoms with E-state index in [1.807, 2.05) is 12.1 Å². The maximum absolute atomic E-state index is 13.1. The molecule has 1 fully saturated rings. The van der Waals surface area contributed by atoms with Gasteiger partial charge in [-0.3, -0.25) is 19.5 Å². The number of guanidine groups is 1. The van der Waals surface area contributed by atoms with Gasteiger partial charge in [0.15, 0.2) is 5.96 Å². The maximum atomic E-state index is 13.1. The lowest BCUT2D eigenvalue weighted by molar-refractivity contribution is 0.0652. The summed E-state index contributed by atoms with van der Waals surface area (Å²) in [4.78, 5) is 35.0. The van der Waals surface area contributed by atoms with Gasteiger partial charge in [0.2, 0.25) is 0 Å². The zero-order chi connectivity index (χ0) is 22.5. The largest absolute Gasteiger partial charge is 0.368 e. The second-order valence-electron chi connectivity index (χ2n) is 7.94. The fraction of sp³-hybridized carbons (Fsp3) is 0.375. The fourth-order valence-corrected chi connectivity index (χ4v) is 4.20. The summed E-state index contributed by atoms with van der Waals surface area (Å²) in [6, 6.07) is 13.6. The van der Waals surface area contributed by atoms with Gasteiger partial charge < -0.3 is 15.1 Å². The molecule has 0 radical (unpaired) electrons. The minimum absolute atomic E-state index is 0. The van der Waals surface area contributed by atoms with Crippen LogP contribution in [0.1, 0.15) is 33.6 Å². The van der Waals surface area contributed by atoms with Crippen LogP contribution in [0.3, 0.4) is 0 Å². The molecule has 1 saturated heterocycles. The quantitative estimate of drug-likeness (QED) is 0.192. The topological polar surface area (TPSA) is 68.2 Å². The van der Waals surface area contributed by atoms with Crippen molar-refractivity contribution >= 4 is 47.4 Å². The number of rotatable bonds is 6. The number of hydrogen-bond donors (Lipinski definition) is 1. The molecule has 0 bridgehead atoms. The number of nitrogens with zero attached hydrogens (tertiary/aromatic N) is 4. The van der Waals surface area contributed by atoms with Crippen LogP contribution in [0.15, 0.2) is 53.5 Å². The van der Waals surface area contributed by atoms with Gasteiger partial charge in [-0.1, -0.05) is 12.1 Å². The molecular weight excluding hydrogens is 536 g/mol. The number of carbonyl (C=O) groups is 2. The molecule has 7 nitrogen and oxygen atoms in total. The molecule has 0 saturated carbocycles. The van der Waals surface area contributed by atoms with E-state index < -0.39 is 0 Å². The molecule has 9 heteroatoms. The van der Waals surface area contributed by atoms with E-state index in [4.69, 9.17) is 0 Å². The average Bonchev–Trinajstić information content (AvgIpc) is 3.07. The normalized spacial score (nSPS) is 16.1. The molecule has 0 atom stereocenters. The SMILES string of the molecule is CN=C(NCCCCN1C(=O)c2ccccc2C1=O)N1CCN(c2ccc(F)cc2)CC1.I. The molecule has 2 heterocycles. The Hall–Kier alpha value is -2.69. The molecule has 4 rings (SSSR count). The summed E-state index contributed by atoms with van der Waals surface area (Å²) < 4.78 is 13.1. The maximum Gasteiger partial charge on any atom is 0.261 e. The Balaban J connectivity index is 0.00000306. The number of nitrogens with one attached hydrogen (secondary N) is 1. The van der Waals surface area contributed by atoms with Crippen LogP contribution in [0.5, 0.6) is 0 Å². The van der Waals surface area contributed by atoms with Crippen LogP contribution in [0.2, 0.25) is 0 Å². The number of piperazine rings is 1. The first kappa shape index (κ1) is 24.9. The summed E-state index contributed by atoms with van der Waals surface area (Å²) in [6.07, 6.45) is 1.55. The van der Waals surface area contributed by atoms with E-state index in [2.05, 4.69) is 20.1 Å². The van der Waals surface area contributed by atoms with Crippen molar-refractivity contribution in [2.45, 2.75) is 12.8 Å². The predicted octanol–water partition coefficient (Wildman–Crippen LogP) is 3.22. The highest BCUT2D eigenvalue weighted by atomic mass is 127. The summed E-state index contributed by atoms with van der Waals surface area (Å²) in [7, 11) is 1.77. The highest BCUT2D eigenvalue weighted by Crippen LogP contribution is 2.22. The monoisotopic (exact) mass is 565 g/mol. The first-order chi connectivity index (χ1) is 15.6. The summed E-state index contributed by atoms with van der Waals surface area (Å²) in [5.41, 5.74) is 2.02. The van der Waals surface area contributed by atoms with Gasteiger partial charge in [0, 0.05) is 52.0 Å². The minimum atomic E-state index is -0.222. The van der Waals surface area contributed by atoms with Gasteiger partial charge >= 0.3 is 0 Å². The Labute approximate surface area is 210 Å². The zero-order valence-corrected chi connectivity index (χ0v) is 21.0. The predicted molar refractivity (Wildman–Crippen MR) is 138 cm³/mol. The van der Waals surface area contributed by atoms with Crippen molar-refractivity contribution in [3.8, 4) is 0 Å². The van der Waals surface area contributed by atoms with Crippen LogP contribution in [0, 0.1) is 5.82 Å². The Morgan fingerprint density at radius 1 is 0.939 bits per heavy atom. The Bertz CT molecular complexity index is 971. The molecule has 2 aliphatic rings. The molecule has 0 unspecified atom stereocenters. The molecular formula is C24H29FIN5O2. The molecule has 176 valence electrons. The second kappa shape index (κ2) is 11.4. The van der Waals surface area contributed by atoms with Crippen molar-refractivity contribution in [3.05, 3.63) is 65.5 Å². The molecule has 0 aliphatic carbocycles. The summed E-state index contributed by atoms with van der Waals surface area (Å²) in [6.45, 7) is 4.47. The van der Waals surface area contributed by atoms with E-state index in [1.54, 1.807) is 31.3 Å². The number of hydrogen-bond acceptors (Lipinski definition) is 4. The Morgan fingerprint density at radius 2 is 1.55 bits per heavy atom. The lowest BCUT2D eigenvalue weighted by atomic mass is 10.1. The molecule has 0 aromatic heterocycles. The number of anilines is 1. The number of imide groups is 1. The highest BCUT2D eigenvalue weighted by Gasteiger charge is 2.34. The molecule has 0 spiro atoms. The van der Waals surface area contributed by atoms with Crippen LogP contribution in [-0.2, 0) is 0 Å². The van der Waals surface area contributed by atoms with Gasteiger partial charge in [-0.25, -0.2) is 4.39 Å². The average molecular weight is 565 g/mol. The van der Waals surface area contributed by atoms with Crippen molar-refractivity contribution in [2.24, 2.45) is 4.99 Å². The molecule has 2 aromatic carbocycles. The van der Waals surface area contributed by atoms with E-state index >= 15 is 0 Å². The zero-order valence-electron chi connectivity index (χ0n) is 18.7. The van der Waals surface area contributed by atoms with Gasteiger partial charge in [-0.05, 0) is 49.2 Å². The highest BCUT2D eigenvalue weighted by molar-refractivity contribution is 14.0. The lowest BCUT2D eigenvalue weighted by Crippen LogP contribution is -2.52. The van der Waals surface area contributed by atoms with Crippen molar-refractivity contribution in [3.63, 3.8) is 0 Å². The van der Waals surface area contributed by atoms with Gasteiger partial charge in [-0.2, -0.15) is 0 Å². The molecule has 33 heavy (non-hydrogen) atoms. The van der Waals surface area contributed by atoms with Gasteiger partial charge in [0.05, 0.1) is 11.1 Å². The third-order valence-corrected chi connectivity index (χ3v) is 5.95. The summed E-state index contributed by atoms with van der Waals surface area (Å²) in [5.74, 6) is 0.228. The Morgan fingerprint density at radius 3 is 2.12 bits per heavy atom. The van der Waals surface area contributed by atoms with E-state index in [-0.39, 0.29) is 41.6 Å². The molecule has 1 N–H and O–H groups in total. The third kappa shape index (κ3) is 5.63. The van der Waals surface area contributed by atoms with E-state index in [0.717, 1.165) is 50.7 Å². The smallest absolute Gasteiger partial charge is 0.261 e. The van der Waals surface area contributed by atoms with Crippen LogP contribution in [0.25, 0.3) is 0 Å². The van der Waals surface area contributed by atoms with E-state index in [1.165, 1.54) is 17.0 Å². The van der Waals surface area contributed by atoms with Crippen molar-refractivity contribution in [1.29, 1.82) is 0 Å². The lowest BCUT2D eigenvalue weighted by Gasteiger charge is -2.37. The van der Waals surface area contributed by atoms with Gasteiger partial charge in [0.25, 0.3) is 11.8 Å². The number of benzene rings is 2.